The number of carbonyl (C=O) groups is 1. The summed E-state index contributed by atoms with van der Waals surface area (Å²) in [6, 6.07) is 9.11. The first kappa shape index (κ1) is 17.5. The smallest absolute Gasteiger partial charge is 0.255 e. The molecule has 1 fully saturated rings. The Balaban J connectivity index is 1.48. The van der Waals surface area contributed by atoms with Gasteiger partial charge in [0.1, 0.15) is 23.8 Å². The minimum Gasteiger partial charge on any atom is -0.353 e. The van der Waals surface area contributed by atoms with Gasteiger partial charge in [-0.25, -0.2) is 15.0 Å². The van der Waals surface area contributed by atoms with E-state index in [-0.39, 0.29) is 5.91 Å². The molecule has 7 nitrogen and oxygen atoms in total. The summed E-state index contributed by atoms with van der Waals surface area (Å²) in [6.07, 6.45) is 5.29. The van der Waals surface area contributed by atoms with Crippen LogP contribution in [-0.2, 0) is 0 Å². The second kappa shape index (κ2) is 7.36. The van der Waals surface area contributed by atoms with E-state index in [4.69, 9.17) is 11.6 Å². The minimum absolute atomic E-state index is 0.0294. The summed E-state index contributed by atoms with van der Waals surface area (Å²) in [4.78, 5) is 29.8. The molecule has 3 aromatic rings. The second-order valence-electron chi connectivity index (χ2n) is 6.36. The van der Waals surface area contributed by atoms with Gasteiger partial charge in [-0.1, -0.05) is 23.7 Å². The fourth-order valence-electron chi connectivity index (χ4n) is 3.17. The molecule has 27 heavy (non-hydrogen) atoms. The van der Waals surface area contributed by atoms with Crippen LogP contribution < -0.4 is 4.90 Å². The van der Waals surface area contributed by atoms with Gasteiger partial charge < -0.3 is 9.80 Å². The van der Waals surface area contributed by atoms with Gasteiger partial charge in [0, 0.05) is 44.6 Å². The summed E-state index contributed by atoms with van der Waals surface area (Å²) in [6.45, 7) is 4.52. The van der Waals surface area contributed by atoms with E-state index in [1.54, 1.807) is 24.7 Å². The largest absolute Gasteiger partial charge is 0.353 e. The molecule has 0 atom stereocenters. The maximum absolute atomic E-state index is 12.7. The van der Waals surface area contributed by atoms with Crippen molar-refractivity contribution in [2.75, 3.05) is 31.1 Å². The van der Waals surface area contributed by atoms with Crippen LogP contribution in [0.2, 0.25) is 5.02 Å². The van der Waals surface area contributed by atoms with Crippen LogP contribution in [-0.4, -0.2) is 56.5 Å². The Hall–Kier alpha value is -2.93. The third-order valence-corrected chi connectivity index (χ3v) is 4.90. The fourth-order valence-corrected chi connectivity index (χ4v) is 3.39. The predicted octanol–water partition coefficient (Wildman–Crippen LogP) is 2.59. The van der Waals surface area contributed by atoms with E-state index < -0.39 is 0 Å². The van der Waals surface area contributed by atoms with Crippen LogP contribution in [0.15, 0.2) is 49.1 Å². The minimum atomic E-state index is -0.0294. The third kappa shape index (κ3) is 3.64. The maximum atomic E-state index is 12.7. The fraction of sp³-hybridized carbons (Fsp3) is 0.263. The summed E-state index contributed by atoms with van der Waals surface area (Å²) in [7, 11) is 0. The van der Waals surface area contributed by atoms with E-state index in [0.717, 1.165) is 11.6 Å². The first-order valence-corrected chi connectivity index (χ1v) is 9.12. The van der Waals surface area contributed by atoms with Crippen LogP contribution in [0.4, 0.5) is 5.82 Å². The average molecular weight is 383 g/mol. The van der Waals surface area contributed by atoms with Crippen molar-refractivity contribution >= 4 is 23.3 Å². The van der Waals surface area contributed by atoms with Gasteiger partial charge in [-0.05, 0) is 19.1 Å². The van der Waals surface area contributed by atoms with E-state index in [0.29, 0.717) is 42.6 Å². The van der Waals surface area contributed by atoms with Crippen LogP contribution in [0, 0.1) is 6.92 Å². The Bertz CT molecular complexity index is 951. The highest BCUT2D eigenvalue weighted by Gasteiger charge is 2.24. The van der Waals surface area contributed by atoms with E-state index >= 15 is 0 Å². The lowest BCUT2D eigenvalue weighted by Gasteiger charge is -2.35. The lowest BCUT2D eigenvalue weighted by molar-refractivity contribution is 0.0746. The van der Waals surface area contributed by atoms with E-state index in [9.17, 15) is 4.79 Å². The number of carbonyl (C=O) groups excluding carboxylic acids is 1. The molecule has 4 rings (SSSR count). The highest BCUT2D eigenvalue weighted by Crippen LogP contribution is 2.21. The number of hydrogen-bond donors (Lipinski definition) is 0. The number of amides is 1. The molecule has 0 unspecified atom stereocenters. The maximum Gasteiger partial charge on any atom is 0.255 e. The number of piperazine rings is 1. The quantitative estimate of drug-likeness (QED) is 0.696. The van der Waals surface area contributed by atoms with Gasteiger partial charge in [-0.15, -0.1) is 0 Å². The zero-order valence-electron chi connectivity index (χ0n) is 14.9. The van der Waals surface area contributed by atoms with Gasteiger partial charge in [-0.3, -0.25) is 9.36 Å². The molecule has 8 heteroatoms. The molecule has 3 heterocycles. The van der Waals surface area contributed by atoms with Crippen LogP contribution in [0.1, 0.15) is 16.2 Å². The molecule has 0 saturated carbocycles. The van der Waals surface area contributed by atoms with Gasteiger partial charge in [0.15, 0.2) is 0 Å². The molecule has 1 aromatic carbocycles. The molecule has 0 aliphatic carbocycles. The van der Waals surface area contributed by atoms with Crippen molar-refractivity contribution in [1.82, 2.24) is 24.4 Å². The zero-order chi connectivity index (χ0) is 18.8. The molecular weight excluding hydrogens is 364 g/mol. The monoisotopic (exact) mass is 382 g/mol. The number of halogens is 1. The molecule has 0 radical (unpaired) electrons. The highest BCUT2D eigenvalue weighted by molar-refractivity contribution is 6.33. The molecular formula is C19H19ClN6O. The summed E-state index contributed by atoms with van der Waals surface area (Å²) in [5.74, 6) is 2.31. The number of anilines is 1. The van der Waals surface area contributed by atoms with Gasteiger partial charge in [0.2, 0.25) is 0 Å². The number of rotatable bonds is 3. The van der Waals surface area contributed by atoms with E-state index in [2.05, 4.69) is 19.9 Å². The Labute approximate surface area is 162 Å². The van der Waals surface area contributed by atoms with Gasteiger partial charge in [0.25, 0.3) is 5.91 Å². The first-order valence-electron chi connectivity index (χ1n) is 8.74. The molecule has 0 bridgehead atoms. The standard InChI is InChI=1S/C19H19ClN6O/c1-14-22-17(12-18(23-14)26-7-6-21-13-26)24-8-10-25(11-9-24)19(27)15-4-2-3-5-16(15)20/h2-7,12-13H,8-11H2,1H3. The number of benzene rings is 1. The topological polar surface area (TPSA) is 67.2 Å². The van der Waals surface area contributed by atoms with Crippen molar-refractivity contribution in [1.29, 1.82) is 0 Å². The molecule has 0 N–H and O–H groups in total. The predicted molar refractivity (Wildman–Crippen MR) is 103 cm³/mol. The van der Waals surface area contributed by atoms with Gasteiger partial charge >= 0.3 is 0 Å². The average Bonchev–Trinajstić information content (AvgIpc) is 3.22. The van der Waals surface area contributed by atoms with E-state index in [1.807, 2.05) is 40.8 Å². The number of hydrogen-bond acceptors (Lipinski definition) is 5. The highest BCUT2D eigenvalue weighted by atomic mass is 35.5. The first-order chi connectivity index (χ1) is 13.1. The molecule has 1 saturated heterocycles. The summed E-state index contributed by atoms with van der Waals surface area (Å²) >= 11 is 6.16. The van der Waals surface area contributed by atoms with Gasteiger partial charge in [0.05, 0.1) is 10.6 Å². The Kier molecular flexibility index (Phi) is 4.77. The van der Waals surface area contributed by atoms with Crippen molar-refractivity contribution in [3.05, 3.63) is 65.5 Å². The van der Waals surface area contributed by atoms with Crippen molar-refractivity contribution in [2.24, 2.45) is 0 Å². The second-order valence-corrected chi connectivity index (χ2v) is 6.77. The van der Waals surface area contributed by atoms with Crippen molar-refractivity contribution in [2.45, 2.75) is 6.92 Å². The van der Waals surface area contributed by atoms with Crippen molar-refractivity contribution in [3.63, 3.8) is 0 Å². The van der Waals surface area contributed by atoms with Crippen LogP contribution >= 0.6 is 11.6 Å². The molecule has 1 aliphatic heterocycles. The SMILES string of the molecule is Cc1nc(N2CCN(C(=O)c3ccccc3Cl)CC2)cc(-n2ccnc2)n1. The van der Waals surface area contributed by atoms with Crippen molar-refractivity contribution in [3.8, 4) is 5.82 Å². The lowest BCUT2D eigenvalue weighted by atomic mass is 10.2. The number of imidazole rings is 1. The number of nitrogens with zero attached hydrogens (tertiary/aromatic N) is 6. The summed E-state index contributed by atoms with van der Waals surface area (Å²) in [5.41, 5.74) is 0.549. The van der Waals surface area contributed by atoms with Crippen LogP contribution in [0.5, 0.6) is 0 Å². The molecule has 2 aromatic heterocycles. The van der Waals surface area contributed by atoms with Crippen LogP contribution in [0.3, 0.4) is 0 Å². The zero-order valence-corrected chi connectivity index (χ0v) is 15.7. The summed E-state index contributed by atoms with van der Waals surface area (Å²) in [5, 5.41) is 0.487. The lowest BCUT2D eigenvalue weighted by Crippen LogP contribution is -2.49. The molecule has 0 spiro atoms. The number of aryl methyl sites for hydroxylation is 1. The molecule has 138 valence electrons. The summed E-state index contributed by atoms with van der Waals surface area (Å²) < 4.78 is 1.86. The Morgan fingerprint density at radius 3 is 2.52 bits per heavy atom. The van der Waals surface area contributed by atoms with Crippen molar-refractivity contribution < 1.29 is 4.79 Å². The van der Waals surface area contributed by atoms with Crippen LogP contribution in [0.25, 0.3) is 5.82 Å². The Morgan fingerprint density at radius 1 is 1.07 bits per heavy atom. The molecule has 1 amide bonds. The number of aromatic nitrogens is 4. The van der Waals surface area contributed by atoms with Gasteiger partial charge in [-0.2, -0.15) is 0 Å². The molecule has 1 aliphatic rings. The normalized spacial score (nSPS) is 14.4. The Morgan fingerprint density at radius 2 is 1.81 bits per heavy atom. The third-order valence-electron chi connectivity index (χ3n) is 4.57. The van der Waals surface area contributed by atoms with E-state index in [1.165, 1.54) is 0 Å².